The Hall–Kier alpha value is 0.390. The summed E-state index contributed by atoms with van der Waals surface area (Å²) in [4.78, 5) is 1.17. The summed E-state index contributed by atoms with van der Waals surface area (Å²) in [6.45, 7) is 7.76. The SMILES string of the molecule is CC(C)(C)CC(O)CNCc1cc(Br)c(Cl)s1. The summed E-state index contributed by atoms with van der Waals surface area (Å²) in [5.41, 5.74) is 0.163. The molecule has 5 heteroatoms. The zero-order valence-corrected chi connectivity index (χ0v) is 13.5. The van der Waals surface area contributed by atoms with Crippen LogP contribution >= 0.6 is 38.9 Å². The Bertz CT molecular complexity index is 342. The topological polar surface area (TPSA) is 32.3 Å². The predicted octanol–water partition coefficient (Wildman–Crippen LogP) is 4.05. The van der Waals surface area contributed by atoms with Gasteiger partial charge in [-0.05, 0) is 33.8 Å². The van der Waals surface area contributed by atoms with Crippen molar-refractivity contribution in [2.45, 2.75) is 39.8 Å². The first-order chi connectivity index (χ1) is 7.78. The molecule has 1 aromatic rings. The first kappa shape index (κ1) is 15.4. The van der Waals surface area contributed by atoms with Crippen molar-refractivity contribution in [2.24, 2.45) is 5.41 Å². The van der Waals surface area contributed by atoms with Gasteiger partial charge in [-0.25, -0.2) is 0 Å². The number of nitrogens with one attached hydrogen (secondary N) is 1. The van der Waals surface area contributed by atoms with Crippen LogP contribution in [0.5, 0.6) is 0 Å². The molecule has 17 heavy (non-hydrogen) atoms. The molecule has 2 nitrogen and oxygen atoms in total. The Morgan fingerprint density at radius 2 is 2.18 bits per heavy atom. The summed E-state index contributed by atoms with van der Waals surface area (Å²) >= 11 is 10.9. The van der Waals surface area contributed by atoms with Gasteiger partial charge in [-0.15, -0.1) is 11.3 Å². The van der Waals surface area contributed by atoms with Gasteiger partial charge in [-0.1, -0.05) is 32.4 Å². The minimum Gasteiger partial charge on any atom is -0.392 e. The molecule has 1 unspecified atom stereocenters. The molecular formula is C12H19BrClNOS. The van der Waals surface area contributed by atoms with Gasteiger partial charge in [0.2, 0.25) is 0 Å². The van der Waals surface area contributed by atoms with E-state index in [9.17, 15) is 5.11 Å². The van der Waals surface area contributed by atoms with E-state index in [1.165, 1.54) is 4.88 Å². The third-order valence-corrected chi connectivity index (χ3v) is 4.70. The highest BCUT2D eigenvalue weighted by molar-refractivity contribution is 9.10. The van der Waals surface area contributed by atoms with Gasteiger partial charge in [0.15, 0.2) is 0 Å². The Balaban J connectivity index is 2.28. The van der Waals surface area contributed by atoms with Crippen LogP contribution in [0.15, 0.2) is 10.5 Å². The fraction of sp³-hybridized carbons (Fsp3) is 0.667. The van der Waals surface area contributed by atoms with E-state index in [-0.39, 0.29) is 11.5 Å². The number of hydrogen-bond acceptors (Lipinski definition) is 3. The second-order valence-corrected chi connectivity index (χ2v) is 7.98. The van der Waals surface area contributed by atoms with Gasteiger partial charge >= 0.3 is 0 Å². The van der Waals surface area contributed by atoms with Gasteiger partial charge in [0.1, 0.15) is 4.34 Å². The monoisotopic (exact) mass is 339 g/mol. The molecule has 1 rings (SSSR count). The Kier molecular flexibility index (Phi) is 5.93. The molecule has 0 saturated carbocycles. The lowest BCUT2D eigenvalue weighted by molar-refractivity contribution is 0.119. The molecule has 1 atom stereocenters. The molecule has 0 amide bonds. The average Bonchev–Trinajstić information content (AvgIpc) is 2.43. The lowest BCUT2D eigenvalue weighted by Gasteiger charge is -2.22. The van der Waals surface area contributed by atoms with Crippen molar-refractivity contribution in [3.8, 4) is 0 Å². The van der Waals surface area contributed by atoms with E-state index in [1.807, 2.05) is 6.07 Å². The van der Waals surface area contributed by atoms with Crippen LogP contribution in [-0.4, -0.2) is 17.8 Å². The van der Waals surface area contributed by atoms with E-state index in [0.29, 0.717) is 6.54 Å². The van der Waals surface area contributed by atoms with Crippen LogP contribution in [0.1, 0.15) is 32.1 Å². The first-order valence-electron chi connectivity index (χ1n) is 5.60. The summed E-state index contributed by atoms with van der Waals surface area (Å²) in [6, 6.07) is 2.01. The molecular weight excluding hydrogens is 322 g/mol. The maximum Gasteiger partial charge on any atom is 0.107 e. The van der Waals surface area contributed by atoms with E-state index in [0.717, 1.165) is 21.8 Å². The Morgan fingerprint density at radius 3 is 2.65 bits per heavy atom. The van der Waals surface area contributed by atoms with Crippen LogP contribution in [0.25, 0.3) is 0 Å². The number of thiophene rings is 1. The quantitative estimate of drug-likeness (QED) is 0.847. The molecule has 0 fully saturated rings. The lowest BCUT2D eigenvalue weighted by Crippen LogP contribution is -2.29. The number of halogens is 2. The largest absolute Gasteiger partial charge is 0.392 e. The molecule has 0 saturated heterocycles. The predicted molar refractivity (Wildman–Crippen MR) is 78.8 cm³/mol. The average molecular weight is 341 g/mol. The van der Waals surface area contributed by atoms with Crippen LogP contribution in [0, 0.1) is 5.41 Å². The van der Waals surface area contributed by atoms with Crippen molar-refractivity contribution < 1.29 is 5.11 Å². The zero-order valence-electron chi connectivity index (χ0n) is 10.4. The Morgan fingerprint density at radius 1 is 1.53 bits per heavy atom. The van der Waals surface area contributed by atoms with Crippen molar-refractivity contribution >= 4 is 38.9 Å². The second kappa shape index (κ2) is 6.53. The summed E-state index contributed by atoms with van der Waals surface area (Å²) in [5, 5.41) is 13.1. The smallest absolute Gasteiger partial charge is 0.107 e. The third-order valence-electron chi connectivity index (χ3n) is 2.22. The van der Waals surface area contributed by atoms with Crippen LogP contribution in [0.3, 0.4) is 0 Å². The molecule has 1 aromatic heterocycles. The number of aliphatic hydroxyl groups excluding tert-OH is 1. The fourth-order valence-corrected chi connectivity index (χ4v) is 3.38. The minimum atomic E-state index is -0.297. The van der Waals surface area contributed by atoms with Crippen molar-refractivity contribution in [3.05, 3.63) is 19.8 Å². The second-order valence-electron chi connectivity index (χ2n) is 5.38. The minimum absolute atomic E-state index is 0.163. The van der Waals surface area contributed by atoms with Gasteiger partial charge in [-0.2, -0.15) is 0 Å². The summed E-state index contributed by atoms with van der Waals surface area (Å²) < 4.78 is 1.72. The van der Waals surface area contributed by atoms with Crippen molar-refractivity contribution in [1.29, 1.82) is 0 Å². The van der Waals surface area contributed by atoms with E-state index in [4.69, 9.17) is 11.6 Å². The highest BCUT2D eigenvalue weighted by Gasteiger charge is 2.16. The van der Waals surface area contributed by atoms with Crippen molar-refractivity contribution in [3.63, 3.8) is 0 Å². The maximum absolute atomic E-state index is 9.83. The molecule has 0 aliphatic carbocycles. The summed E-state index contributed by atoms with van der Waals surface area (Å²) in [6.07, 6.45) is 0.503. The number of aliphatic hydroxyl groups is 1. The van der Waals surface area contributed by atoms with Crippen molar-refractivity contribution in [1.82, 2.24) is 5.32 Å². The third kappa shape index (κ3) is 6.20. The van der Waals surface area contributed by atoms with E-state index >= 15 is 0 Å². The Labute approximate surface area is 121 Å². The zero-order chi connectivity index (χ0) is 13.1. The van der Waals surface area contributed by atoms with Crippen LogP contribution < -0.4 is 5.32 Å². The number of hydrogen-bond donors (Lipinski definition) is 2. The van der Waals surface area contributed by atoms with Crippen LogP contribution in [0.4, 0.5) is 0 Å². The van der Waals surface area contributed by atoms with E-state index < -0.39 is 0 Å². The molecule has 98 valence electrons. The standard InChI is InChI=1S/C12H19BrClNOS/c1-12(2,3)5-8(16)6-15-7-9-4-10(13)11(14)17-9/h4,8,15-16H,5-7H2,1-3H3. The highest BCUT2D eigenvalue weighted by Crippen LogP contribution is 2.31. The fourth-order valence-electron chi connectivity index (χ4n) is 1.62. The van der Waals surface area contributed by atoms with Crippen LogP contribution in [-0.2, 0) is 6.54 Å². The molecule has 0 aliphatic rings. The van der Waals surface area contributed by atoms with Gasteiger partial charge in [-0.3, -0.25) is 0 Å². The molecule has 0 radical (unpaired) electrons. The number of rotatable bonds is 5. The molecule has 0 bridgehead atoms. The van der Waals surface area contributed by atoms with Gasteiger partial charge in [0, 0.05) is 22.4 Å². The van der Waals surface area contributed by atoms with E-state index in [2.05, 4.69) is 42.0 Å². The van der Waals surface area contributed by atoms with Gasteiger partial charge in [0.05, 0.1) is 6.10 Å². The normalized spacial score (nSPS) is 14.0. The van der Waals surface area contributed by atoms with Gasteiger partial charge < -0.3 is 10.4 Å². The first-order valence-corrected chi connectivity index (χ1v) is 7.59. The molecule has 2 N–H and O–H groups in total. The van der Waals surface area contributed by atoms with Crippen LogP contribution in [0.2, 0.25) is 4.34 Å². The lowest BCUT2D eigenvalue weighted by atomic mass is 9.89. The highest BCUT2D eigenvalue weighted by atomic mass is 79.9. The van der Waals surface area contributed by atoms with Crippen molar-refractivity contribution in [2.75, 3.05) is 6.54 Å². The maximum atomic E-state index is 9.83. The summed E-state index contributed by atoms with van der Waals surface area (Å²) in [5.74, 6) is 0. The molecule has 0 aliphatic heterocycles. The van der Waals surface area contributed by atoms with Gasteiger partial charge in [0.25, 0.3) is 0 Å². The molecule has 0 spiro atoms. The summed E-state index contributed by atoms with van der Waals surface area (Å²) in [7, 11) is 0. The molecule has 1 heterocycles. The van der Waals surface area contributed by atoms with E-state index in [1.54, 1.807) is 11.3 Å². The molecule has 0 aromatic carbocycles.